The third-order valence-electron chi connectivity index (χ3n) is 1.74. The summed E-state index contributed by atoms with van der Waals surface area (Å²) in [5.41, 5.74) is 5.38. The number of hydrogen-bond acceptors (Lipinski definition) is 5. The predicted octanol–water partition coefficient (Wildman–Crippen LogP) is -0.306. The summed E-state index contributed by atoms with van der Waals surface area (Å²) in [4.78, 5) is 10.9. The molecule has 0 saturated carbocycles. The molecule has 0 bridgehead atoms. The molecule has 1 atom stereocenters. The number of rotatable bonds is 7. The molecule has 0 saturated heterocycles. The van der Waals surface area contributed by atoms with Crippen LogP contribution >= 0.6 is 0 Å². The van der Waals surface area contributed by atoms with Crippen LogP contribution in [-0.4, -0.2) is 33.7 Å². The van der Waals surface area contributed by atoms with Crippen molar-refractivity contribution in [3.63, 3.8) is 0 Å². The zero-order chi connectivity index (χ0) is 12.6. The lowest BCUT2D eigenvalue weighted by Crippen LogP contribution is -2.47. The van der Waals surface area contributed by atoms with Crippen LogP contribution in [-0.2, 0) is 14.9 Å². The Morgan fingerprint density at radius 2 is 2.06 bits per heavy atom. The van der Waals surface area contributed by atoms with Gasteiger partial charge in [0, 0.05) is 12.6 Å². The van der Waals surface area contributed by atoms with Crippen LogP contribution in [0.4, 0.5) is 4.79 Å². The summed E-state index contributed by atoms with van der Waals surface area (Å²) in [6.45, 7) is 3.78. The molecular formula is C8H19N3O4S. The molecule has 0 aliphatic rings. The summed E-state index contributed by atoms with van der Waals surface area (Å²) in [5, 5.41) is 0. The summed E-state index contributed by atoms with van der Waals surface area (Å²) in [6.07, 6.45) is 0.409. The van der Waals surface area contributed by atoms with Crippen LogP contribution in [0.5, 0.6) is 0 Å². The third-order valence-corrected chi connectivity index (χ3v) is 2.82. The lowest BCUT2D eigenvalue weighted by Gasteiger charge is -2.15. The van der Waals surface area contributed by atoms with Gasteiger partial charge in [0.25, 0.3) is 0 Å². The number of hydrogen-bond donors (Lipinski definition) is 3. The molecule has 0 fully saturated rings. The molecule has 96 valence electrons. The second kappa shape index (κ2) is 7.42. The minimum Gasteiger partial charge on any atom is -0.449 e. The Hall–Kier alpha value is -0.860. The lowest BCUT2D eigenvalue weighted by atomic mass is 10.2. The highest BCUT2D eigenvalue weighted by Gasteiger charge is 2.18. The van der Waals surface area contributed by atoms with E-state index in [4.69, 9.17) is 5.73 Å². The topological polar surface area (TPSA) is 111 Å². The van der Waals surface area contributed by atoms with E-state index in [9.17, 15) is 13.2 Å². The highest BCUT2D eigenvalue weighted by atomic mass is 32.2. The molecular weight excluding hydrogens is 234 g/mol. The Morgan fingerprint density at radius 1 is 1.44 bits per heavy atom. The van der Waals surface area contributed by atoms with Gasteiger partial charge in [-0.2, -0.15) is 13.1 Å². The molecule has 0 rings (SSSR count). The summed E-state index contributed by atoms with van der Waals surface area (Å²) < 4.78 is 31.2. The van der Waals surface area contributed by atoms with Crippen LogP contribution in [0.1, 0.15) is 26.7 Å². The fourth-order valence-corrected chi connectivity index (χ4v) is 2.08. The molecule has 8 heteroatoms. The number of amides is 1. The quantitative estimate of drug-likeness (QED) is 0.576. The van der Waals surface area contributed by atoms with E-state index in [-0.39, 0.29) is 19.2 Å². The van der Waals surface area contributed by atoms with Crippen molar-refractivity contribution >= 4 is 16.3 Å². The zero-order valence-corrected chi connectivity index (χ0v) is 10.3. The molecule has 0 spiro atoms. The van der Waals surface area contributed by atoms with Gasteiger partial charge in [0.05, 0.1) is 6.61 Å². The van der Waals surface area contributed by atoms with Crippen molar-refractivity contribution in [3.8, 4) is 0 Å². The van der Waals surface area contributed by atoms with Crippen molar-refractivity contribution in [1.82, 2.24) is 9.44 Å². The number of nitrogens with one attached hydrogen (secondary N) is 2. The van der Waals surface area contributed by atoms with E-state index in [0.29, 0.717) is 6.42 Å². The molecule has 1 amide bonds. The van der Waals surface area contributed by atoms with Gasteiger partial charge in [0.1, 0.15) is 0 Å². The molecule has 0 aliphatic carbocycles. The van der Waals surface area contributed by atoms with Crippen molar-refractivity contribution in [1.29, 1.82) is 0 Å². The second-order valence-electron chi connectivity index (χ2n) is 3.17. The average molecular weight is 253 g/mol. The van der Waals surface area contributed by atoms with Crippen molar-refractivity contribution < 1.29 is 17.9 Å². The largest absolute Gasteiger partial charge is 0.449 e. The molecule has 16 heavy (non-hydrogen) atoms. The van der Waals surface area contributed by atoms with Crippen molar-refractivity contribution in [2.45, 2.75) is 32.7 Å². The number of nitrogens with two attached hydrogens (primary N) is 1. The van der Waals surface area contributed by atoms with Crippen LogP contribution in [0.25, 0.3) is 0 Å². The van der Waals surface area contributed by atoms with E-state index >= 15 is 0 Å². The van der Waals surface area contributed by atoms with E-state index in [0.717, 1.165) is 6.42 Å². The monoisotopic (exact) mass is 253 g/mol. The van der Waals surface area contributed by atoms with E-state index < -0.39 is 16.3 Å². The molecule has 0 heterocycles. The van der Waals surface area contributed by atoms with Gasteiger partial charge < -0.3 is 10.5 Å². The summed E-state index contributed by atoms with van der Waals surface area (Å²) >= 11 is 0. The maximum Gasteiger partial charge on any atom is 0.421 e. The third kappa shape index (κ3) is 6.59. The first-order valence-electron chi connectivity index (χ1n) is 5.12. The van der Waals surface area contributed by atoms with Crippen LogP contribution < -0.4 is 15.2 Å². The number of carbonyl (C=O) groups excluding carboxylic acids is 1. The summed E-state index contributed by atoms with van der Waals surface area (Å²) in [7, 11) is -3.89. The second-order valence-corrected chi connectivity index (χ2v) is 4.61. The predicted molar refractivity (Wildman–Crippen MR) is 60.0 cm³/mol. The first kappa shape index (κ1) is 15.1. The Labute approximate surface area is 95.9 Å². The van der Waals surface area contributed by atoms with Crippen molar-refractivity contribution in [2.75, 3.05) is 13.2 Å². The summed E-state index contributed by atoms with van der Waals surface area (Å²) in [6, 6.07) is -0.378. The molecule has 1 unspecified atom stereocenters. The van der Waals surface area contributed by atoms with Gasteiger partial charge in [-0.05, 0) is 13.3 Å². The minimum absolute atomic E-state index is 0.108. The Bertz CT molecular complexity index is 304. The fourth-order valence-electron chi connectivity index (χ4n) is 1.09. The molecule has 0 aromatic carbocycles. The van der Waals surface area contributed by atoms with Gasteiger partial charge in [-0.3, -0.25) is 0 Å². The highest BCUT2D eigenvalue weighted by Crippen LogP contribution is 1.96. The first-order valence-corrected chi connectivity index (χ1v) is 6.60. The normalized spacial score (nSPS) is 13.2. The van der Waals surface area contributed by atoms with Gasteiger partial charge in [-0.15, -0.1) is 0 Å². The molecule has 4 N–H and O–H groups in total. The van der Waals surface area contributed by atoms with E-state index in [2.05, 4.69) is 9.46 Å². The van der Waals surface area contributed by atoms with Crippen molar-refractivity contribution in [2.24, 2.45) is 5.73 Å². The van der Waals surface area contributed by atoms with E-state index in [1.165, 1.54) is 0 Å². The Morgan fingerprint density at radius 3 is 2.50 bits per heavy atom. The van der Waals surface area contributed by atoms with Gasteiger partial charge in [-0.25, -0.2) is 9.52 Å². The van der Waals surface area contributed by atoms with Gasteiger partial charge >= 0.3 is 16.3 Å². The molecule has 0 aromatic heterocycles. The van der Waals surface area contributed by atoms with Crippen molar-refractivity contribution in [3.05, 3.63) is 0 Å². The smallest absolute Gasteiger partial charge is 0.421 e. The highest BCUT2D eigenvalue weighted by molar-refractivity contribution is 7.88. The van der Waals surface area contributed by atoms with Crippen LogP contribution in [0.15, 0.2) is 0 Å². The maximum atomic E-state index is 11.4. The molecule has 0 aromatic rings. The first-order chi connectivity index (χ1) is 7.45. The van der Waals surface area contributed by atoms with Crippen LogP contribution in [0.2, 0.25) is 0 Å². The standard InChI is InChI=1S/C8H19N3O4S/c1-3-5-7(6-9)10-16(13,14)11-8(12)15-4-2/h7,10H,3-6,9H2,1-2H3,(H,11,12). The van der Waals surface area contributed by atoms with Crippen LogP contribution in [0, 0.1) is 0 Å². The molecule has 0 radical (unpaired) electrons. The van der Waals surface area contributed by atoms with E-state index in [1.807, 2.05) is 6.92 Å². The Kier molecular flexibility index (Phi) is 7.02. The SMILES string of the molecule is CCCC(CN)NS(=O)(=O)NC(=O)OCC. The summed E-state index contributed by atoms with van der Waals surface area (Å²) in [5.74, 6) is 0. The van der Waals surface area contributed by atoms with Gasteiger partial charge in [0.2, 0.25) is 0 Å². The lowest BCUT2D eigenvalue weighted by molar-refractivity contribution is 0.158. The van der Waals surface area contributed by atoms with E-state index in [1.54, 1.807) is 11.6 Å². The average Bonchev–Trinajstić information content (AvgIpc) is 2.16. The number of carbonyl (C=O) groups is 1. The van der Waals surface area contributed by atoms with Gasteiger partial charge in [-0.1, -0.05) is 13.3 Å². The molecule has 7 nitrogen and oxygen atoms in total. The van der Waals surface area contributed by atoms with Crippen LogP contribution in [0.3, 0.4) is 0 Å². The Balaban J connectivity index is 4.27. The minimum atomic E-state index is -3.89. The maximum absolute atomic E-state index is 11.4. The zero-order valence-electron chi connectivity index (χ0n) is 9.52. The fraction of sp³-hybridized carbons (Fsp3) is 0.875. The molecule has 0 aliphatic heterocycles. The number of ether oxygens (including phenoxy) is 1. The van der Waals surface area contributed by atoms with Gasteiger partial charge in [0.15, 0.2) is 0 Å².